The predicted octanol–water partition coefficient (Wildman–Crippen LogP) is 5.56. The van der Waals surface area contributed by atoms with Gasteiger partial charge in [0.25, 0.3) is 0 Å². The molecule has 0 radical (unpaired) electrons. The molecule has 1 N–H and O–H groups in total. The molecule has 1 aliphatic rings. The fourth-order valence-corrected chi connectivity index (χ4v) is 4.05. The zero-order valence-corrected chi connectivity index (χ0v) is 14.4. The average Bonchev–Trinajstić information content (AvgIpc) is 2.50. The van der Waals surface area contributed by atoms with Crippen LogP contribution in [0.5, 0.6) is 0 Å². The van der Waals surface area contributed by atoms with Gasteiger partial charge in [-0.25, -0.2) is 0 Å². The van der Waals surface area contributed by atoms with Gasteiger partial charge in [-0.3, -0.25) is 0 Å². The number of benzene rings is 1. The Balaban J connectivity index is 2.18. The van der Waals surface area contributed by atoms with Gasteiger partial charge in [0, 0.05) is 6.04 Å². The van der Waals surface area contributed by atoms with Gasteiger partial charge in [0.2, 0.25) is 0 Å². The van der Waals surface area contributed by atoms with E-state index in [9.17, 15) is 0 Å². The third kappa shape index (κ3) is 4.10. The van der Waals surface area contributed by atoms with Crippen LogP contribution in [0.1, 0.15) is 75.1 Å². The smallest absolute Gasteiger partial charge is 0.0353 e. The van der Waals surface area contributed by atoms with E-state index < -0.39 is 0 Å². The van der Waals surface area contributed by atoms with Gasteiger partial charge in [0.1, 0.15) is 0 Å². The molecule has 1 atom stereocenters. The van der Waals surface area contributed by atoms with Crippen molar-refractivity contribution in [2.45, 2.75) is 72.3 Å². The van der Waals surface area contributed by atoms with Crippen LogP contribution in [-0.2, 0) is 0 Å². The molecule has 1 aromatic carbocycles. The quantitative estimate of drug-likeness (QED) is 0.722. The first-order valence-corrected chi connectivity index (χ1v) is 8.96. The lowest BCUT2D eigenvalue weighted by Gasteiger charge is -2.36. The van der Waals surface area contributed by atoms with Gasteiger partial charge >= 0.3 is 0 Å². The first kappa shape index (κ1) is 16.5. The van der Waals surface area contributed by atoms with E-state index in [1.54, 1.807) is 5.56 Å². The molecule has 1 heteroatoms. The summed E-state index contributed by atoms with van der Waals surface area (Å²) in [6.07, 6.45) is 8.23. The molecular weight excluding hydrogens is 254 g/mol. The molecule has 1 unspecified atom stereocenters. The van der Waals surface area contributed by atoms with Crippen molar-refractivity contribution >= 4 is 0 Å². The van der Waals surface area contributed by atoms with E-state index in [0.717, 1.165) is 18.4 Å². The van der Waals surface area contributed by atoms with Crippen molar-refractivity contribution in [3.63, 3.8) is 0 Å². The standard InChI is InChI=1S/C20H33N/c1-5-14-21-20(18-12-10-17(6-2)11-13-18)19-15(3)8-7-9-16(19)4/h7-9,17-18,20-21H,5-6,10-14H2,1-4H3. The predicted molar refractivity (Wildman–Crippen MR) is 92.7 cm³/mol. The third-order valence-electron chi connectivity index (χ3n) is 5.41. The summed E-state index contributed by atoms with van der Waals surface area (Å²) in [5.74, 6) is 1.80. The highest BCUT2D eigenvalue weighted by Crippen LogP contribution is 2.39. The molecule has 2 rings (SSSR count). The maximum absolute atomic E-state index is 3.87. The topological polar surface area (TPSA) is 12.0 Å². The Morgan fingerprint density at radius 1 is 1.05 bits per heavy atom. The van der Waals surface area contributed by atoms with Gasteiger partial charge in [0.15, 0.2) is 0 Å². The van der Waals surface area contributed by atoms with Gasteiger partial charge in [-0.05, 0) is 68.2 Å². The second-order valence-electron chi connectivity index (χ2n) is 6.93. The summed E-state index contributed by atoms with van der Waals surface area (Å²) in [5.41, 5.74) is 4.49. The molecule has 0 aliphatic heterocycles. The fourth-order valence-electron chi connectivity index (χ4n) is 4.05. The van der Waals surface area contributed by atoms with Crippen LogP contribution in [0.3, 0.4) is 0 Å². The molecule has 0 saturated heterocycles. The van der Waals surface area contributed by atoms with Crippen molar-refractivity contribution in [3.05, 3.63) is 34.9 Å². The SMILES string of the molecule is CCCNC(c1c(C)cccc1C)C1CCC(CC)CC1. The highest BCUT2D eigenvalue weighted by Gasteiger charge is 2.29. The molecule has 0 spiro atoms. The van der Waals surface area contributed by atoms with Crippen LogP contribution < -0.4 is 5.32 Å². The minimum atomic E-state index is 0.559. The Hall–Kier alpha value is -0.820. The van der Waals surface area contributed by atoms with Crippen molar-refractivity contribution in [1.82, 2.24) is 5.32 Å². The maximum atomic E-state index is 3.87. The normalized spacial score (nSPS) is 24.0. The Bertz CT molecular complexity index is 409. The van der Waals surface area contributed by atoms with Crippen molar-refractivity contribution in [3.8, 4) is 0 Å². The highest BCUT2D eigenvalue weighted by molar-refractivity contribution is 5.36. The van der Waals surface area contributed by atoms with Gasteiger partial charge in [-0.2, -0.15) is 0 Å². The van der Waals surface area contributed by atoms with Crippen LogP contribution in [0.2, 0.25) is 0 Å². The van der Waals surface area contributed by atoms with Crippen molar-refractivity contribution in [2.24, 2.45) is 11.8 Å². The molecule has 0 heterocycles. The number of nitrogens with one attached hydrogen (secondary N) is 1. The summed E-state index contributed by atoms with van der Waals surface area (Å²) in [6.45, 7) is 10.3. The lowest BCUT2D eigenvalue weighted by atomic mass is 9.74. The summed E-state index contributed by atoms with van der Waals surface area (Å²) >= 11 is 0. The molecule has 0 amide bonds. The summed E-state index contributed by atoms with van der Waals surface area (Å²) < 4.78 is 0. The summed E-state index contributed by atoms with van der Waals surface area (Å²) in [7, 11) is 0. The van der Waals surface area contributed by atoms with Crippen molar-refractivity contribution in [2.75, 3.05) is 6.54 Å². The summed E-state index contributed by atoms with van der Waals surface area (Å²) in [4.78, 5) is 0. The van der Waals surface area contributed by atoms with E-state index in [1.165, 1.54) is 49.7 Å². The minimum Gasteiger partial charge on any atom is -0.310 e. The summed E-state index contributed by atoms with van der Waals surface area (Å²) in [5, 5.41) is 3.87. The van der Waals surface area contributed by atoms with E-state index in [2.05, 4.69) is 51.2 Å². The Kier molecular flexibility index (Phi) is 6.29. The second-order valence-corrected chi connectivity index (χ2v) is 6.93. The molecule has 1 saturated carbocycles. The maximum Gasteiger partial charge on any atom is 0.0353 e. The van der Waals surface area contributed by atoms with E-state index in [0.29, 0.717) is 6.04 Å². The Labute approximate surface area is 131 Å². The van der Waals surface area contributed by atoms with Gasteiger partial charge in [0.05, 0.1) is 0 Å². The zero-order valence-electron chi connectivity index (χ0n) is 14.4. The Morgan fingerprint density at radius 3 is 2.19 bits per heavy atom. The molecule has 1 aromatic rings. The van der Waals surface area contributed by atoms with Crippen LogP contribution in [-0.4, -0.2) is 6.54 Å². The van der Waals surface area contributed by atoms with Crippen molar-refractivity contribution < 1.29 is 0 Å². The lowest BCUT2D eigenvalue weighted by Crippen LogP contribution is -2.32. The molecule has 21 heavy (non-hydrogen) atoms. The first-order chi connectivity index (χ1) is 10.2. The van der Waals surface area contributed by atoms with E-state index in [4.69, 9.17) is 0 Å². The Morgan fingerprint density at radius 2 is 1.67 bits per heavy atom. The molecule has 1 fully saturated rings. The van der Waals surface area contributed by atoms with Crippen molar-refractivity contribution in [1.29, 1.82) is 0 Å². The molecule has 1 aliphatic carbocycles. The number of hydrogen-bond acceptors (Lipinski definition) is 1. The number of aryl methyl sites for hydroxylation is 2. The zero-order chi connectivity index (χ0) is 15.2. The molecule has 1 nitrogen and oxygen atoms in total. The molecule has 0 bridgehead atoms. The monoisotopic (exact) mass is 287 g/mol. The van der Waals surface area contributed by atoms with Gasteiger partial charge in [-0.1, -0.05) is 51.3 Å². The highest BCUT2D eigenvalue weighted by atomic mass is 14.9. The van der Waals surface area contributed by atoms with Gasteiger partial charge in [-0.15, -0.1) is 0 Å². The van der Waals surface area contributed by atoms with Crippen LogP contribution >= 0.6 is 0 Å². The number of rotatable bonds is 6. The fraction of sp³-hybridized carbons (Fsp3) is 0.700. The first-order valence-electron chi connectivity index (χ1n) is 8.96. The van der Waals surface area contributed by atoms with Crippen LogP contribution in [0.15, 0.2) is 18.2 Å². The third-order valence-corrected chi connectivity index (χ3v) is 5.41. The molecular formula is C20H33N. The van der Waals surface area contributed by atoms with Crippen LogP contribution in [0, 0.1) is 25.7 Å². The van der Waals surface area contributed by atoms with Crippen LogP contribution in [0.4, 0.5) is 0 Å². The largest absolute Gasteiger partial charge is 0.310 e. The molecule has 0 aromatic heterocycles. The van der Waals surface area contributed by atoms with E-state index >= 15 is 0 Å². The van der Waals surface area contributed by atoms with E-state index in [1.807, 2.05) is 0 Å². The van der Waals surface area contributed by atoms with E-state index in [-0.39, 0.29) is 0 Å². The average molecular weight is 287 g/mol. The minimum absolute atomic E-state index is 0.559. The summed E-state index contributed by atoms with van der Waals surface area (Å²) in [6, 6.07) is 7.31. The lowest BCUT2D eigenvalue weighted by molar-refractivity contribution is 0.218. The van der Waals surface area contributed by atoms with Crippen LogP contribution in [0.25, 0.3) is 0 Å². The van der Waals surface area contributed by atoms with Gasteiger partial charge < -0.3 is 5.32 Å². The molecule has 118 valence electrons. The second kappa shape index (κ2) is 7.98. The number of hydrogen-bond donors (Lipinski definition) is 1.